The molecule has 0 saturated carbocycles. The number of benzene rings is 1. The summed E-state index contributed by atoms with van der Waals surface area (Å²) in [6.45, 7) is 2.29. The minimum Gasteiger partial charge on any atom is -0.355 e. The predicted octanol–water partition coefficient (Wildman–Crippen LogP) is 1.80. The van der Waals surface area contributed by atoms with Crippen molar-refractivity contribution in [2.75, 3.05) is 20.1 Å². The van der Waals surface area contributed by atoms with E-state index in [-0.39, 0.29) is 22.8 Å². The van der Waals surface area contributed by atoms with Crippen LogP contribution in [0.5, 0.6) is 0 Å². The molecule has 4 nitrogen and oxygen atoms in total. The van der Waals surface area contributed by atoms with E-state index in [2.05, 4.69) is 21.2 Å². The number of carbonyl (C=O) groups is 2. The van der Waals surface area contributed by atoms with Gasteiger partial charge >= 0.3 is 0 Å². The minimum absolute atomic E-state index is 0.0261. The molecular weight excluding hydrogens is 303 g/mol. The largest absolute Gasteiger partial charge is 0.355 e. The van der Waals surface area contributed by atoms with Gasteiger partial charge in [0.05, 0.1) is 11.0 Å². The first-order valence-corrected chi connectivity index (χ1v) is 6.22. The molecule has 0 bridgehead atoms. The molecule has 2 amide bonds. The standard InChI is InChI=1S/C12H14BrFN2O2/c1-3-15-11(17)7-16(2)12(18)8-4-5-10(14)9(13)6-8/h4-6H,3,7H2,1-2H3,(H,15,17). The smallest absolute Gasteiger partial charge is 0.254 e. The summed E-state index contributed by atoms with van der Waals surface area (Å²) in [5.74, 6) is -0.991. The molecule has 0 unspecified atom stereocenters. The quantitative estimate of drug-likeness (QED) is 0.920. The Morgan fingerprint density at radius 1 is 1.44 bits per heavy atom. The van der Waals surface area contributed by atoms with Gasteiger partial charge in [0.15, 0.2) is 0 Å². The molecule has 0 aliphatic heterocycles. The summed E-state index contributed by atoms with van der Waals surface area (Å²) >= 11 is 3.01. The van der Waals surface area contributed by atoms with Crippen molar-refractivity contribution in [3.63, 3.8) is 0 Å². The summed E-state index contributed by atoms with van der Waals surface area (Å²) in [6.07, 6.45) is 0. The molecule has 0 heterocycles. The first-order chi connectivity index (χ1) is 8.45. The fourth-order valence-corrected chi connectivity index (χ4v) is 1.77. The van der Waals surface area contributed by atoms with Crippen molar-refractivity contribution in [2.24, 2.45) is 0 Å². The van der Waals surface area contributed by atoms with E-state index in [1.807, 2.05) is 0 Å². The molecule has 0 saturated heterocycles. The summed E-state index contributed by atoms with van der Waals surface area (Å²) in [5, 5.41) is 2.60. The summed E-state index contributed by atoms with van der Waals surface area (Å²) in [7, 11) is 1.52. The average molecular weight is 317 g/mol. The Kier molecular flexibility index (Phi) is 5.27. The monoisotopic (exact) mass is 316 g/mol. The van der Waals surface area contributed by atoms with Crippen LogP contribution in [-0.4, -0.2) is 36.9 Å². The first kappa shape index (κ1) is 14.6. The average Bonchev–Trinajstić information content (AvgIpc) is 2.32. The SMILES string of the molecule is CCNC(=O)CN(C)C(=O)c1ccc(F)c(Br)c1. The molecule has 1 aromatic carbocycles. The Labute approximate surface area is 113 Å². The third kappa shape index (κ3) is 3.80. The lowest BCUT2D eigenvalue weighted by Gasteiger charge is -2.16. The lowest BCUT2D eigenvalue weighted by molar-refractivity contribution is -0.121. The fourth-order valence-electron chi connectivity index (χ4n) is 1.39. The first-order valence-electron chi connectivity index (χ1n) is 5.43. The van der Waals surface area contributed by atoms with Crippen LogP contribution in [0.15, 0.2) is 22.7 Å². The molecule has 18 heavy (non-hydrogen) atoms. The Hall–Kier alpha value is -1.43. The zero-order valence-corrected chi connectivity index (χ0v) is 11.8. The Bertz CT molecular complexity index is 465. The maximum absolute atomic E-state index is 13.0. The van der Waals surface area contributed by atoms with Gasteiger partial charge < -0.3 is 10.2 Å². The summed E-state index contributed by atoms with van der Waals surface area (Å²) in [5.41, 5.74) is 0.329. The van der Waals surface area contributed by atoms with Crippen molar-refractivity contribution in [2.45, 2.75) is 6.92 Å². The van der Waals surface area contributed by atoms with Crippen LogP contribution in [-0.2, 0) is 4.79 Å². The van der Waals surface area contributed by atoms with Crippen molar-refractivity contribution in [1.82, 2.24) is 10.2 Å². The molecule has 1 aromatic rings. The number of hydrogen-bond donors (Lipinski definition) is 1. The maximum atomic E-state index is 13.0. The van der Waals surface area contributed by atoms with Crippen LogP contribution in [0.4, 0.5) is 4.39 Å². The molecule has 0 aliphatic carbocycles. The molecule has 0 spiro atoms. The van der Waals surface area contributed by atoms with Crippen LogP contribution < -0.4 is 5.32 Å². The molecule has 0 radical (unpaired) electrons. The highest BCUT2D eigenvalue weighted by Crippen LogP contribution is 2.17. The van der Waals surface area contributed by atoms with Gasteiger partial charge in [-0.15, -0.1) is 0 Å². The van der Waals surface area contributed by atoms with E-state index in [0.29, 0.717) is 12.1 Å². The molecule has 98 valence electrons. The number of nitrogens with one attached hydrogen (secondary N) is 1. The lowest BCUT2D eigenvalue weighted by atomic mass is 10.2. The number of halogens is 2. The maximum Gasteiger partial charge on any atom is 0.254 e. The highest BCUT2D eigenvalue weighted by atomic mass is 79.9. The van der Waals surface area contributed by atoms with Crippen LogP contribution in [0.2, 0.25) is 0 Å². The third-order valence-corrected chi connectivity index (χ3v) is 2.88. The van der Waals surface area contributed by atoms with Crippen LogP contribution >= 0.6 is 15.9 Å². The van der Waals surface area contributed by atoms with Crippen molar-refractivity contribution in [1.29, 1.82) is 0 Å². The molecule has 0 aliphatic rings. The Morgan fingerprint density at radius 2 is 2.11 bits per heavy atom. The van der Waals surface area contributed by atoms with E-state index in [1.54, 1.807) is 6.92 Å². The highest BCUT2D eigenvalue weighted by molar-refractivity contribution is 9.10. The van der Waals surface area contributed by atoms with E-state index in [4.69, 9.17) is 0 Å². The molecule has 0 fully saturated rings. The Morgan fingerprint density at radius 3 is 2.67 bits per heavy atom. The summed E-state index contributed by atoms with van der Waals surface area (Å²) in [4.78, 5) is 24.6. The van der Waals surface area contributed by atoms with Gasteiger partial charge in [0.25, 0.3) is 5.91 Å². The molecule has 0 atom stereocenters. The second kappa shape index (κ2) is 6.49. The van der Waals surface area contributed by atoms with Gasteiger partial charge in [-0.1, -0.05) is 0 Å². The van der Waals surface area contributed by atoms with Crippen LogP contribution in [0, 0.1) is 5.82 Å². The van der Waals surface area contributed by atoms with E-state index < -0.39 is 5.82 Å². The number of amides is 2. The topological polar surface area (TPSA) is 49.4 Å². The van der Waals surface area contributed by atoms with E-state index in [0.717, 1.165) is 0 Å². The zero-order chi connectivity index (χ0) is 13.7. The second-order valence-electron chi connectivity index (χ2n) is 3.74. The van der Waals surface area contributed by atoms with Gasteiger partial charge in [-0.3, -0.25) is 9.59 Å². The fraction of sp³-hybridized carbons (Fsp3) is 0.333. The van der Waals surface area contributed by atoms with Gasteiger partial charge in [0.2, 0.25) is 5.91 Å². The minimum atomic E-state index is -0.432. The van der Waals surface area contributed by atoms with Crippen molar-refractivity contribution in [3.8, 4) is 0 Å². The number of likely N-dealkylation sites (N-methyl/N-ethyl adjacent to an activating group) is 2. The van der Waals surface area contributed by atoms with E-state index in [9.17, 15) is 14.0 Å². The van der Waals surface area contributed by atoms with Gasteiger partial charge in [-0.2, -0.15) is 0 Å². The van der Waals surface area contributed by atoms with Gasteiger partial charge in [-0.25, -0.2) is 4.39 Å². The van der Waals surface area contributed by atoms with E-state index in [1.165, 1.54) is 30.1 Å². The molecule has 0 aromatic heterocycles. The third-order valence-electron chi connectivity index (χ3n) is 2.27. The highest BCUT2D eigenvalue weighted by Gasteiger charge is 2.15. The van der Waals surface area contributed by atoms with Gasteiger partial charge in [0, 0.05) is 19.2 Å². The molecule has 6 heteroatoms. The summed E-state index contributed by atoms with van der Waals surface area (Å²) < 4.78 is 13.3. The second-order valence-corrected chi connectivity index (χ2v) is 4.60. The van der Waals surface area contributed by atoms with Crippen LogP contribution in [0.1, 0.15) is 17.3 Å². The van der Waals surface area contributed by atoms with Gasteiger partial charge in [0.1, 0.15) is 5.82 Å². The van der Waals surface area contributed by atoms with Gasteiger partial charge in [-0.05, 0) is 41.1 Å². The van der Waals surface area contributed by atoms with Crippen molar-refractivity contribution in [3.05, 3.63) is 34.1 Å². The molecule has 1 rings (SSSR count). The number of hydrogen-bond acceptors (Lipinski definition) is 2. The van der Waals surface area contributed by atoms with E-state index >= 15 is 0 Å². The normalized spacial score (nSPS) is 10.0. The van der Waals surface area contributed by atoms with Crippen LogP contribution in [0.3, 0.4) is 0 Å². The lowest BCUT2D eigenvalue weighted by Crippen LogP contribution is -2.38. The van der Waals surface area contributed by atoms with Crippen molar-refractivity contribution < 1.29 is 14.0 Å². The van der Waals surface area contributed by atoms with Crippen LogP contribution in [0.25, 0.3) is 0 Å². The zero-order valence-electron chi connectivity index (χ0n) is 10.2. The van der Waals surface area contributed by atoms with Crippen molar-refractivity contribution >= 4 is 27.7 Å². The molecule has 1 N–H and O–H groups in total. The Balaban J connectivity index is 2.74. The number of nitrogens with zero attached hydrogens (tertiary/aromatic N) is 1. The summed E-state index contributed by atoms with van der Waals surface area (Å²) in [6, 6.07) is 3.99. The predicted molar refractivity (Wildman–Crippen MR) is 69.7 cm³/mol. The molecular formula is C12H14BrFN2O2. The number of rotatable bonds is 4. The number of carbonyl (C=O) groups excluding carboxylic acids is 2.